The van der Waals surface area contributed by atoms with Crippen molar-refractivity contribution in [3.63, 3.8) is 0 Å². The monoisotopic (exact) mass is 433 g/mol. The highest BCUT2D eigenvalue weighted by molar-refractivity contribution is 5.79. The molecule has 1 aromatic rings. The van der Waals surface area contributed by atoms with Crippen LogP contribution in [0.3, 0.4) is 0 Å². The number of morpholine rings is 2. The first kappa shape index (κ1) is 22.5. The average Bonchev–Trinajstić information content (AvgIpc) is 3.27. The number of guanidine groups is 1. The molecule has 31 heavy (non-hydrogen) atoms. The van der Waals surface area contributed by atoms with E-state index in [-0.39, 0.29) is 18.0 Å². The third kappa shape index (κ3) is 6.16. The van der Waals surface area contributed by atoms with Crippen LogP contribution in [0.25, 0.3) is 0 Å². The highest BCUT2D eigenvalue weighted by atomic mass is 19.1. The van der Waals surface area contributed by atoms with Crippen molar-refractivity contribution in [2.45, 2.75) is 38.0 Å². The van der Waals surface area contributed by atoms with Crippen LogP contribution in [0.4, 0.5) is 4.39 Å². The van der Waals surface area contributed by atoms with Gasteiger partial charge in [0.25, 0.3) is 0 Å². The van der Waals surface area contributed by atoms with Gasteiger partial charge in [-0.15, -0.1) is 0 Å². The SMILES string of the molecule is CCNC(=NCC(c1ccc(F)cc1)N1CCOCC1)NCC1CN2CCCC2CO1. The summed E-state index contributed by atoms with van der Waals surface area (Å²) in [6, 6.07) is 7.50. The standard InChI is InChI=1S/C23H36FN5O2/c1-2-25-23(26-14-21-16-29-9-3-4-20(29)17-31-21)27-15-22(28-10-12-30-13-11-28)18-5-7-19(24)8-6-18/h5-8,20-22H,2-4,9-17H2,1H3,(H2,25,26,27). The molecule has 0 saturated carbocycles. The van der Waals surface area contributed by atoms with Crippen LogP contribution in [-0.4, -0.2) is 93.5 Å². The van der Waals surface area contributed by atoms with Crippen molar-refractivity contribution in [1.82, 2.24) is 20.4 Å². The summed E-state index contributed by atoms with van der Waals surface area (Å²) in [5.41, 5.74) is 1.08. The first-order valence-corrected chi connectivity index (χ1v) is 11.7. The van der Waals surface area contributed by atoms with Gasteiger partial charge in [-0.05, 0) is 44.0 Å². The van der Waals surface area contributed by atoms with E-state index in [0.29, 0.717) is 12.6 Å². The Hall–Kier alpha value is -1.74. The predicted octanol–water partition coefficient (Wildman–Crippen LogP) is 1.62. The van der Waals surface area contributed by atoms with Crippen LogP contribution < -0.4 is 10.6 Å². The van der Waals surface area contributed by atoms with Gasteiger partial charge in [0, 0.05) is 38.8 Å². The molecule has 0 radical (unpaired) electrons. The molecule has 2 N–H and O–H groups in total. The van der Waals surface area contributed by atoms with Crippen molar-refractivity contribution in [2.24, 2.45) is 4.99 Å². The van der Waals surface area contributed by atoms with E-state index in [1.807, 2.05) is 12.1 Å². The van der Waals surface area contributed by atoms with Gasteiger partial charge in [-0.2, -0.15) is 0 Å². The van der Waals surface area contributed by atoms with Crippen molar-refractivity contribution in [1.29, 1.82) is 0 Å². The summed E-state index contributed by atoms with van der Waals surface area (Å²) in [6.07, 6.45) is 2.73. The predicted molar refractivity (Wildman–Crippen MR) is 120 cm³/mol. The highest BCUT2D eigenvalue weighted by Gasteiger charge is 2.32. The Morgan fingerprint density at radius 2 is 2.00 bits per heavy atom. The maximum absolute atomic E-state index is 13.5. The van der Waals surface area contributed by atoms with Gasteiger partial charge < -0.3 is 20.1 Å². The van der Waals surface area contributed by atoms with Crippen molar-refractivity contribution in [3.8, 4) is 0 Å². The molecule has 0 spiro atoms. The molecule has 3 unspecified atom stereocenters. The van der Waals surface area contributed by atoms with Crippen LogP contribution in [0.2, 0.25) is 0 Å². The van der Waals surface area contributed by atoms with Crippen LogP contribution in [0.5, 0.6) is 0 Å². The number of rotatable bonds is 7. The molecule has 3 heterocycles. The first-order valence-electron chi connectivity index (χ1n) is 11.7. The molecule has 172 valence electrons. The molecule has 1 aromatic carbocycles. The summed E-state index contributed by atoms with van der Waals surface area (Å²) in [7, 11) is 0. The molecular formula is C23H36FN5O2. The van der Waals surface area contributed by atoms with Gasteiger partial charge in [0.15, 0.2) is 5.96 Å². The van der Waals surface area contributed by atoms with Gasteiger partial charge in [-0.1, -0.05) is 12.1 Å². The Kier molecular flexibility index (Phi) is 8.13. The number of hydrogen-bond acceptors (Lipinski definition) is 5. The van der Waals surface area contributed by atoms with Gasteiger partial charge in [0.2, 0.25) is 0 Å². The zero-order chi connectivity index (χ0) is 21.5. The summed E-state index contributed by atoms with van der Waals surface area (Å²) >= 11 is 0. The molecule has 7 nitrogen and oxygen atoms in total. The second kappa shape index (κ2) is 11.2. The van der Waals surface area contributed by atoms with Gasteiger partial charge >= 0.3 is 0 Å². The fourth-order valence-electron chi connectivity index (χ4n) is 4.74. The van der Waals surface area contributed by atoms with E-state index in [2.05, 4.69) is 27.4 Å². The second-order valence-corrected chi connectivity index (χ2v) is 8.56. The zero-order valence-electron chi connectivity index (χ0n) is 18.6. The molecule has 0 aromatic heterocycles. The number of benzene rings is 1. The van der Waals surface area contributed by atoms with Gasteiger partial charge in [-0.25, -0.2) is 4.39 Å². The van der Waals surface area contributed by atoms with Crippen LogP contribution in [0, 0.1) is 5.82 Å². The normalized spacial score (nSPS) is 26.5. The van der Waals surface area contributed by atoms with Crippen LogP contribution in [0.15, 0.2) is 29.3 Å². The zero-order valence-corrected chi connectivity index (χ0v) is 18.6. The largest absolute Gasteiger partial charge is 0.379 e. The Labute approximate surface area is 185 Å². The number of nitrogens with one attached hydrogen (secondary N) is 2. The van der Waals surface area contributed by atoms with E-state index in [9.17, 15) is 4.39 Å². The Morgan fingerprint density at radius 1 is 1.19 bits per heavy atom. The molecule has 8 heteroatoms. The van der Waals surface area contributed by atoms with E-state index in [4.69, 9.17) is 14.5 Å². The molecule has 0 amide bonds. The fraction of sp³-hybridized carbons (Fsp3) is 0.696. The van der Waals surface area contributed by atoms with Crippen molar-refractivity contribution in [3.05, 3.63) is 35.6 Å². The maximum Gasteiger partial charge on any atom is 0.191 e. The lowest BCUT2D eigenvalue weighted by Crippen LogP contribution is -2.51. The van der Waals surface area contributed by atoms with Gasteiger partial charge in [0.1, 0.15) is 5.82 Å². The lowest BCUT2D eigenvalue weighted by Gasteiger charge is -2.35. The number of fused-ring (bicyclic) bond motifs is 1. The van der Waals surface area contributed by atoms with Crippen LogP contribution in [0.1, 0.15) is 31.4 Å². The lowest BCUT2D eigenvalue weighted by atomic mass is 10.0. The lowest BCUT2D eigenvalue weighted by molar-refractivity contribution is -0.0453. The van der Waals surface area contributed by atoms with Crippen molar-refractivity contribution < 1.29 is 13.9 Å². The third-order valence-electron chi connectivity index (χ3n) is 6.47. The quantitative estimate of drug-likeness (QED) is 0.503. The molecule has 0 aliphatic carbocycles. The average molecular weight is 434 g/mol. The highest BCUT2D eigenvalue weighted by Crippen LogP contribution is 2.23. The van der Waals surface area contributed by atoms with Crippen molar-refractivity contribution in [2.75, 3.05) is 65.6 Å². The van der Waals surface area contributed by atoms with E-state index in [0.717, 1.165) is 64.1 Å². The topological polar surface area (TPSA) is 61.4 Å². The first-order chi connectivity index (χ1) is 15.2. The van der Waals surface area contributed by atoms with Crippen LogP contribution in [-0.2, 0) is 9.47 Å². The number of nitrogens with zero attached hydrogens (tertiary/aromatic N) is 3. The minimum Gasteiger partial charge on any atom is -0.379 e. The molecule has 0 bridgehead atoms. The maximum atomic E-state index is 13.5. The summed E-state index contributed by atoms with van der Waals surface area (Å²) < 4.78 is 25.1. The number of aliphatic imine (C=N–C) groups is 1. The number of ether oxygens (including phenoxy) is 2. The molecule has 3 aliphatic heterocycles. The smallest absolute Gasteiger partial charge is 0.191 e. The molecule has 4 rings (SSSR count). The van der Waals surface area contributed by atoms with Gasteiger partial charge in [-0.3, -0.25) is 14.8 Å². The summed E-state index contributed by atoms with van der Waals surface area (Å²) in [6.45, 7) is 10.4. The number of halogens is 1. The van der Waals surface area contributed by atoms with E-state index in [1.165, 1.54) is 31.5 Å². The van der Waals surface area contributed by atoms with E-state index >= 15 is 0 Å². The second-order valence-electron chi connectivity index (χ2n) is 8.56. The Bertz CT molecular complexity index is 710. The number of hydrogen-bond donors (Lipinski definition) is 2. The van der Waals surface area contributed by atoms with Crippen LogP contribution >= 0.6 is 0 Å². The molecule has 3 aliphatic rings. The summed E-state index contributed by atoms with van der Waals surface area (Å²) in [5, 5.41) is 6.83. The van der Waals surface area contributed by atoms with E-state index < -0.39 is 0 Å². The van der Waals surface area contributed by atoms with E-state index in [1.54, 1.807) is 0 Å². The molecule has 3 atom stereocenters. The molecular weight excluding hydrogens is 397 g/mol. The minimum atomic E-state index is -0.212. The molecule has 3 saturated heterocycles. The third-order valence-corrected chi connectivity index (χ3v) is 6.47. The van der Waals surface area contributed by atoms with Gasteiger partial charge in [0.05, 0.1) is 38.5 Å². The fourth-order valence-corrected chi connectivity index (χ4v) is 4.74. The molecule has 3 fully saturated rings. The summed E-state index contributed by atoms with van der Waals surface area (Å²) in [4.78, 5) is 9.82. The van der Waals surface area contributed by atoms with Crippen molar-refractivity contribution >= 4 is 5.96 Å². The Balaban J connectivity index is 1.38. The Morgan fingerprint density at radius 3 is 2.77 bits per heavy atom. The minimum absolute atomic E-state index is 0.0937. The summed E-state index contributed by atoms with van der Waals surface area (Å²) in [5.74, 6) is 0.589.